The summed E-state index contributed by atoms with van der Waals surface area (Å²) < 4.78 is 12.9. The Hall–Kier alpha value is -2.70. The summed E-state index contributed by atoms with van der Waals surface area (Å²) in [5.74, 6) is -0.388. The Morgan fingerprint density at radius 2 is 2.11 bits per heavy atom. The van der Waals surface area contributed by atoms with Gasteiger partial charge >= 0.3 is 0 Å². The van der Waals surface area contributed by atoms with Gasteiger partial charge in [-0.05, 0) is 18.2 Å². The second-order valence-electron chi connectivity index (χ2n) is 3.82. The standard InChI is InChI=1S/C12H10FN3O3/c1-15(10-4-2-8(13)6-11(10)17)12-5-3-9(7-14-12)16(18)19/h2-7,17H,1H3. The molecule has 0 saturated heterocycles. The lowest BCUT2D eigenvalue weighted by molar-refractivity contribution is -0.385. The molecule has 0 aliphatic carbocycles. The molecule has 1 aromatic heterocycles. The number of phenolic OH excluding ortho intramolecular Hbond substituents is 1. The van der Waals surface area contributed by atoms with Crippen LogP contribution in [0.2, 0.25) is 0 Å². The molecule has 1 aromatic carbocycles. The van der Waals surface area contributed by atoms with Crippen LogP contribution in [0, 0.1) is 15.9 Å². The van der Waals surface area contributed by atoms with Gasteiger partial charge < -0.3 is 10.0 Å². The van der Waals surface area contributed by atoms with Gasteiger partial charge in [-0.15, -0.1) is 0 Å². The maximum atomic E-state index is 12.9. The van der Waals surface area contributed by atoms with Gasteiger partial charge in [0.05, 0.1) is 10.6 Å². The van der Waals surface area contributed by atoms with Crippen LogP contribution in [-0.4, -0.2) is 22.1 Å². The summed E-state index contributed by atoms with van der Waals surface area (Å²) in [4.78, 5) is 15.4. The predicted molar refractivity (Wildman–Crippen MR) is 67.0 cm³/mol. The van der Waals surface area contributed by atoms with Crippen LogP contribution in [-0.2, 0) is 0 Å². The van der Waals surface area contributed by atoms with Crippen molar-refractivity contribution >= 4 is 17.2 Å². The van der Waals surface area contributed by atoms with Crippen LogP contribution in [0.1, 0.15) is 0 Å². The predicted octanol–water partition coefficient (Wildman–Crippen LogP) is 2.60. The SMILES string of the molecule is CN(c1ccc([N+](=O)[O-])cn1)c1ccc(F)cc1O. The minimum absolute atomic E-state index is 0.125. The maximum Gasteiger partial charge on any atom is 0.287 e. The molecule has 0 unspecified atom stereocenters. The van der Waals surface area contributed by atoms with Crippen LogP contribution in [0.3, 0.4) is 0 Å². The van der Waals surface area contributed by atoms with Crippen LogP contribution >= 0.6 is 0 Å². The third-order valence-corrected chi connectivity index (χ3v) is 2.59. The third-order valence-electron chi connectivity index (χ3n) is 2.59. The summed E-state index contributed by atoms with van der Waals surface area (Å²) in [7, 11) is 1.61. The Kier molecular flexibility index (Phi) is 3.28. The first-order valence-corrected chi connectivity index (χ1v) is 5.31. The first kappa shape index (κ1) is 12.7. The van der Waals surface area contributed by atoms with Crippen molar-refractivity contribution in [3.8, 4) is 5.75 Å². The second kappa shape index (κ2) is 4.89. The number of aromatic hydroxyl groups is 1. The Morgan fingerprint density at radius 1 is 1.37 bits per heavy atom. The second-order valence-corrected chi connectivity index (χ2v) is 3.82. The summed E-state index contributed by atoms with van der Waals surface area (Å²) >= 11 is 0. The number of anilines is 2. The molecular weight excluding hydrogens is 253 g/mol. The summed E-state index contributed by atoms with van der Waals surface area (Å²) in [6, 6.07) is 6.34. The van der Waals surface area contributed by atoms with Gasteiger partial charge in [-0.3, -0.25) is 10.1 Å². The minimum atomic E-state index is -0.550. The van der Waals surface area contributed by atoms with Crippen molar-refractivity contribution in [2.75, 3.05) is 11.9 Å². The van der Waals surface area contributed by atoms with E-state index in [1.54, 1.807) is 7.05 Å². The Morgan fingerprint density at radius 3 is 2.63 bits per heavy atom. The molecule has 19 heavy (non-hydrogen) atoms. The number of hydrogen-bond donors (Lipinski definition) is 1. The molecule has 2 aromatic rings. The highest BCUT2D eigenvalue weighted by Gasteiger charge is 2.12. The number of nitrogens with zero attached hydrogens (tertiary/aromatic N) is 3. The molecule has 0 amide bonds. The summed E-state index contributed by atoms with van der Waals surface area (Å²) in [6.45, 7) is 0. The molecule has 0 aliphatic heterocycles. The van der Waals surface area contributed by atoms with Gasteiger partial charge in [0, 0.05) is 19.2 Å². The Labute approximate surface area is 107 Å². The van der Waals surface area contributed by atoms with Crippen molar-refractivity contribution in [3.05, 3.63) is 52.5 Å². The number of aromatic nitrogens is 1. The monoisotopic (exact) mass is 263 g/mol. The van der Waals surface area contributed by atoms with E-state index in [2.05, 4.69) is 4.98 Å². The van der Waals surface area contributed by atoms with Gasteiger partial charge in [-0.1, -0.05) is 0 Å². The smallest absolute Gasteiger partial charge is 0.287 e. The Balaban J connectivity index is 2.33. The highest BCUT2D eigenvalue weighted by atomic mass is 19.1. The quantitative estimate of drug-likeness (QED) is 0.680. The van der Waals surface area contributed by atoms with Crippen LogP contribution in [0.5, 0.6) is 5.75 Å². The topological polar surface area (TPSA) is 79.5 Å². The van der Waals surface area contributed by atoms with Crippen LogP contribution in [0.25, 0.3) is 0 Å². The number of pyridine rings is 1. The molecule has 0 bridgehead atoms. The average molecular weight is 263 g/mol. The van der Waals surface area contributed by atoms with E-state index in [4.69, 9.17) is 0 Å². The normalized spacial score (nSPS) is 10.2. The molecule has 1 heterocycles. The highest BCUT2D eigenvalue weighted by molar-refractivity contribution is 5.66. The molecular formula is C12H10FN3O3. The number of nitro groups is 1. The lowest BCUT2D eigenvalue weighted by atomic mass is 10.2. The Bertz CT molecular complexity index is 616. The average Bonchev–Trinajstić information content (AvgIpc) is 2.38. The minimum Gasteiger partial charge on any atom is -0.506 e. The fraction of sp³-hybridized carbons (Fsp3) is 0.0833. The first-order valence-electron chi connectivity index (χ1n) is 5.31. The van der Waals surface area contributed by atoms with Gasteiger partial charge in [0.25, 0.3) is 5.69 Å². The lowest BCUT2D eigenvalue weighted by Crippen LogP contribution is -2.11. The molecule has 1 N–H and O–H groups in total. The molecule has 0 aliphatic rings. The molecule has 7 heteroatoms. The van der Waals surface area contributed by atoms with Crippen LogP contribution in [0.4, 0.5) is 21.6 Å². The van der Waals surface area contributed by atoms with Gasteiger partial charge in [-0.25, -0.2) is 9.37 Å². The van der Waals surface area contributed by atoms with Crippen molar-refractivity contribution < 1.29 is 14.4 Å². The molecule has 0 spiro atoms. The van der Waals surface area contributed by atoms with E-state index in [0.717, 1.165) is 12.3 Å². The molecule has 98 valence electrons. The van der Waals surface area contributed by atoms with E-state index in [0.29, 0.717) is 11.5 Å². The van der Waals surface area contributed by atoms with E-state index < -0.39 is 10.7 Å². The number of hydrogen-bond acceptors (Lipinski definition) is 5. The lowest BCUT2D eigenvalue weighted by Gasteiger charge is -2.19. The number of halogens is 1. The highest BCUT2D eigenvalue weighted by Crippen LogP contribution is 2.31. The fourth-order valence-electron chi connectivity index (χ4n) is 1.59. The van der Waals surface area contributed by atoms with Crippen LogP contribution in [0.15, 0.2) is 36.5 Å². The van der Waals surface area contributed by atoms with E-state index in [1.807, 2.05) is 0 Å². The van der Waals surface area contributed by atoms with E-state index >= 15 is 0 Å². The molecule has 0 atom stereocenters. The van der Waals surface area contributed by atoms with Crippen molar-refractivity contribution in [2.45, 2.75) is 0 Å². The van der Waals surface area contributed by atoms with Crippen molar-refractivity contribution in [1.82, 2.24) is 4.98 Å². The molecule has 0 fully saturated rings. The van der Waals surface area contributed by atoms with Crippen molar-refractivity contribution in [3.63, 3.8) is 0 Å². The first-order chi connectivity index (χ1) is 8.99. The molecule has 2 rings (SSSR count). The number of benzene rings is 1. The third kappa shape index (κ3) is 2.59. The van der Waals surface area contributed by atoms with Crippen molar-refractivity contribution in [1.29, 1.82) is 0 Å². The largest absolute Gasteiger partial charge is 0.506 e. The fourth-order valence-corrected chi connectivity index (χ4v) is 1.59. The summed E-state index contributed by atoms with van der Waals surface area (Å²) in [5, 5.41) is 20.2. The maximum absolute atomic E-state index is 12.9. The zero-order valence-corrected chi connectivity index (χ0v) is 9.95. The van der Waals surface area contributed by atoms with E-state index in [9.17, 15) is 19.6 Å². The van der Waals surface area contributed by atoms with Gasteiger partial charge in [0.2, 0.25) is 0 Å². The summed E-state index contributed by atoms with van der Waals surface area (Å²) in [5.41, 5.74) is 0.225. The van der Waals surface area contributed by atoms with Gasteiger partial charge in [0.15, 0.2) is 0 Å². The van der Waals surface area contributed by atoms with Crippen molar-refractivity contribution in [2.24, 2.45) is 0 Å². The molecule has 6 nitrogen and oxygen atoms in total. The van der Waals surface area contributed by atoms with Gasteiger partial charge in [-0.2, -0.15) is 0 Å². The van der Waals surface area contributed by atoms with E-state index in [1.165, 1.54) is 29.2 Å². The number of rotatable bonds is 3. The zero-order chi connectivity index (χ0) is 14.0. The van der Waals surface area contributed by atoms with Crippen LogP contribution < -0.4 is 4.90 Å². The van der Waals surface area contributed by atoms with Gasteiger partial charge in [0.1, 0.15) is 23.6 Å². The number of phenols is 1. The van der Waals surface area contributed by atoms with E-state index in [-0.39, 0.29) is 11.4 Å². The zero-order valence-electron chi connectivity index (χ0n) is 9.95. The molecule has 0 radical (unpaired) electrons. The molecule has 0 saturated carbocycles. The summed E-state index contributed by atoms with van der Waals surface area (Å²) in [6.07, 6.45) is 1.12.